The molecule has 6 rings (SSSR count). The Morgan fingerprint density at radius 1 is 0.917 bits per heavy atom. The van der Waals surface area contributed by atoms with Gasteiger partial charge in [0.1, 0.15) is 11.4 Å². The first-order valence-corrected chi connectivity index (χ1v) is 15.3. The number of hydrogen-bond acceptors (Lipinski definition) is 10. The predicted molar refractivity (Wildman–Crippen MR) is 170 cm³/mol. The molecule has 0 saturated carbocycles. The maximum absolute atomic E-state index is 13.7. The number of rotatable bonds is 12. The number of methoxy groups -OCH3 is 1. The molecule has 248 valence electrons. The zero-order valence-electron chi connectivity index (χ0n) is 25.9. The van der Waals surface area contributed by atoms with Gasteiger partial charge in [-0.1, -0.05) is 28.6 Å². The van der Waals surface area contributed by atoms with Crippen LogP contribution >= 0.6 is 0 Å². The van der Waals surface area contributed by atoms with E-state index in [0.717, 1.165) is 21.1 Å². The van der Waals surface area contributed by atoms with Crippen molar-refractivity contribution in [1.29, 1.82) is 0 Å². The number of nitrogens with one attached hydrogen (secondary N) is 2. The van der Waals surface area contributed by atoms with Crippen molar-refractivity contribution in [2.24, 2.45) is 0 Å². The summed E-state index contributed by atoms with van der Waals surface area (Å²) in [5.41, 5.74) is 3.78. The number of ether oxygens (including phenoxy) is 1. The van der Waals surface area contributed by atoms with E-state index in [-0.39, 0.29) is 30.9 Å². The number of piperazine rings is 1. The number of esters is 1. The summed E-state index contributed by atoms with van der Waals surface area (Å²) in [4.78, 5) is 54.6. The summed E-state index contributed by atoms with van der Waals surface area (Å²) in [6, 6.07) is 10.7. The van der Waals surface area contributed by atoms with Gasteiger partial charge >= 0.3 is 17.9 Å². The molecule has 4 N–H and O–H groups in total. The molecule has 1 fully saturated rings. The standard InChI is InChI=1S/C32H33N9O7/c1-48-32(47)28(15-22-16-34-24-5-3-2-4-23(22)24)41-18-26(36-38-41)20-12-19(13-21(14-20)30(44)39-10-8-33-9-11-39)25-17-40(37-35-25)27(31(45)46)6-7-29(42)43/h2-5,12-14,16-18,27-28,33-34H,6-11,15H2,1H3,(H,42,43)(H,45,46)/t27-,28-/m0/s1. The van der Waals surface area contributed by atoms with Crippen molar-refractivity contribution >= 4 is 34.7 Å². The van der Waals surface area contributed by atoms with Crippen LogP contribution in [0.5, 0.6) is 0 Å². The molecule has 3 aromatic heterocycles. The zero-order valence-corrected chi connectivity index (χ0v) is 25.9. The van der Waals surface area contributed by atoms with E-state index in [1.807, 2.05) is 30.5 Å². The first-order chi connectivity index (χ1) is 23.2. The number of para-hydroxylation sites is 1. The van der Waals surface area contributed by atoms with E-state index in [1.165, 1.54) is 18.0 Å². The fourth-order valence-corrected chi connectivity index (χ4v) is 5.78. The number of amides is 1. The van der Waals surface area contributed by atoms with Crippen LogP contribution in [0.1, 0.15) is 40.8 Å². The molecule has 0 unspecified atom stereocenters. The van der Waals surface area contributed by atoms with Gasteiger partial charge in [0.15, 0.2) is 12.1 Å². The second-order valence-electron chi connectivity index (χ2n) is 11.4. The topological polar surface area (TPSA) is 210 Å². The van der Waals surface area contributed by atoms with Crippen molar-refractivity contribution in [3.8, 4) is 22.5 Å². The summed E-state index contributed by atoms with van der Waals surface area (Å²) >= 11 is 0. The summed E-state index contributed by atoms with van der Waals surface area (Å²) in [6.45, 7) is 2.34. The highest BCUT2D eigenvalue weighted by molar-refractivity contribution is 5.97. The number of carbonyl (C=O) groups is 4. The molecule has 16 nitrogen and oxygen atoms in total. The summed E-state index contributed by atoms with van der Waals surface area (Å²) in [7, 11) is 1.31. The largest absolute Gasteiger partial charge is 0.481 e. The third-order valence-corrected chi connectivity index (χ3v) is 8.31. The lowest BCUT2D eigenvalue weighted by Gasteiger charge is -2.27. The SMILES string of the molecule is COC(=O)[C@H](Cc1c[nH]c2ccccc12)n1cc(-c2cc(C(=O)N3CCNCC3)cc(-c3cn([C@@H](CCC(=O)O)C(=O)O)nn3)c2)nn1. The van der Waals surface area contributed by atoms with Gasteiger partial charge < -0.3 is 30.2 Å². The second-order valence-corrected chi connectivity index (χ2v) is 11.4. The maximum Gasteiger partial charge on any atom is 0.331 e. The molecular formula is C32H33N9O7. The minimum atomic E-state index is -1.25. The highest BCUT2D eigenvalue weighted by Gasteiger charge is 2.27. The van der Waals surface area contributed by atoms with Crippen LogP contribution in [0.15, 0.2) is 61.1 Å². The van der Waals surface area contributed by atoms with Crippen LogP contribution in [0, 0.1) is 0 Å². The number of carboxylic acids is 2. The molecule has 1 amide bonds. The molecular weight excluding hydrogens is 622 g/mol. The van der Waals surface area contributed by atoms with E-state index >= 15 is 0 Å². The van der Waals surface area contributed by atoms with Crippen molar-refractivity contribution in [2.45, 2.75) is 31.3 Å². The molecule has 0 bridgehead atoms. The third-order valence-electron chi connectivity index (χ3n) is 8.31. The monoisotopic (exact) mass is 655 g/mol. The Bertz CT molecular complexity index is 1970. The van der Waals surface area contributed by atoms with E-state index < -0.39 is 30.0 Å². The van der Waals surface area contributed by atoms with Crippen LogP contribution in [0.4, 0.5) is 0 Å². The van der Waals surface area contributed by atoms with Crippen molar-refractivity contribution < 1.29 is 34.1 Å². The van der Waals surface area contributed by atoms with Crippen LogP contribution in [-0.2, 0) is 25.5 Å². The Balaban J connectivity index is 1.36. The smallest absolute Gasteiger partial charge is 0.331 e. The Hall–Kier alpha value is -5.90. The molecule has 1 aliphatic rings. The molecule has 0 spiro atoms. The molecule has 2 aromatic carbocycles. The summed E-state index contributed by atoms with van der Waals surface area (Å²) in [6.07, 6.45) is 4.58. The number of benzene rings is 2. The van der Waals surface area contributed by atoms with E-state index in [0.29, 0.717) is 48.6 Å². The number of H-pyrrole nitrogens is 1. The lowest BCUT2D eigenvalue weighted by molar-refractivity contribution is -0.145. The van der Waals surface area contributed by atoms with Crippen molar-refractivity contribution in [3.63, 3.8) is 0 Å². The normalized spacial score (nSPS) is 14.5. The number of hydrogen-bond donors (Lipinski definition) is 4. The van der Waals surface area contributed by atoms with Crippen LogP contribution in [-0.4, -0.2) is 107 Å². The lowest BCUT2D eigenvalue weighted by atomic mass is 10.0. The van der Waals surface area contributed by atoms with Crippen molar-refractivity contribution in [1.82, 2.24) is 45.2 Å². The predicted octanol–water partition coefficient (Wildman–Crippen LogP) is 2.18. The minimum Gasteiger partial charge on any atom is -0.481 e. The molecule has 1 saturated heterocycles. The van der Waals surface area contributed by atoms with E-state index in [1.54, 1.807) is 29.3 Å². The second kappa shape index (κ2) is 13.8. The average molecular weight is 656 g/mol. The van der Waals surface area contributed by atoms with Gasteiger partial charge in [-0.25, -0.2) is 19.0 Å². The number of nitrogens with zero attached hydrogens (tertiary/aromatic N) is 7. The number of aromatic nitrogens is 7. The van der Waals surface area contributed by atoms with Crippen molar-refractivity contribution in [2.75, 3.05) is 33.3 Å². The van der Waals surface area contributed by atoms with Gasteiger partial charge in [-0.05, 0) is 36.2 Å². The third kappa shape index (κ3) is 6.78. The van der Waals surface area contributed by atoms with Crippen LogP contribution in [0.2, 0.25) is 0 Å². The van der Waals surface area contributed by atoms with Crippen molar-refractivity contribution in [3.05, 3.63) is 72.2 Å². The van der Waals surface area contributed by atoms with E-state index in [2.05, 4.69) is 30.9 Å². The van der Waals surface area contributed by atoms with Crippen LogP contribution in [0.3, 0.4) is 0 Å². The zero-order chi connectivity index (χ0) is 33.8. The molecule has 1 aliphatic heterocycles. The van der Waals surface area contributed by atoms with Gasteiger partial charge in [-0.15, -0.1) is 10.2 Å². The molecule has 16 heteroatoms. The van der Waals surface area contributed by atoms with Gasteiger partial charge in [0.2, 0.25) is 0 Å². The maximum atomic E-state index is 13.7. The first-order valence-electron chi connectivity index (χ1n) is 15.3. The van der Waals surface area contributed by atoms with Gasteiger partial charge in [-0.2, -0.15) is 0 Å². The Morgan fingerprint density at radius 3 is 2.19 bits per heavy atom. The van der Waals surface area contributed by atoms with E-state index in [4.69, 9.17) is 9.84 Å². The van der Waals surface area contributed by atoms with Gasteiger partial charge in [0.05, 0.1) is 19.5 Å². The fourth-order valence-electron chi connectivity index (χ4n) is 5.78. The Kier molecular flexibility index (Phi) is 9.24. The van der Waals surface area contributed by atoms with E-state index in [9.17, 15) is 24.3 Å². The Morgan fingerprint density at radius 2 is 1.56 bits per heavy atom. The number of carboxylic acid groups (broad SMARTS) is 2. The lowest BCUT2D eigenvalue weighted by Crippen LogP contribution is -2.46. The average Bonchev–Trinajstić information content (AvgIpc) is 3.87. The minimum absolute atomic E-state index is 0.191. The summed E-state index contributed by atoms with van der Waals surface area (Å²) in [5, 5.41) is 39.8. The van der Waals surface area contributed by atoms with Crippen LogP contribution in [0.25, 0.3) is 33.4 Å². The fraction of sp³-hybridized carbons (Fsp3) is 0.312. The van der Waals surface area contributed by atoms with Gasteiger partial charge in [0, 0.05) is 72.8 Å². The molecule has 2 atom stereocenters. The summed E-state index contributed by atoms with van der Waals surface area (Å²) in [5.74, 6) is -3.10. The molecule has 5 aromatic rings. The highest BCUT2D eigenvalue weighted by Crippen LogP contribution is 2.30. The molecule has 0 aliphatic carbocycles. The van der Waals surface area contributed by atoms with Gasteiger partial charge in [-0.3, -0.25) is 9.59 Å². The Labute approximate surface area is 273 Å². The number of carbonyl (C=O) groups excluding carboxylic acids is 2. The number of fused-ring (bicyclic) bond motifs is 1. The quantitative estimate of drug-likeness (QED) is 0.143. The number of aromatic amines is 1. The molecule has 48 heavy (non-hydrogen) atoms. The molecule has 0 radical (unpaired) electrons. The molecule has 4 heterocycles. The van der Waals surface area contributed by atoms with Gasteiger partial charge in [0.25, 0.3) is 5.91 Å². The first kappa shape index (κ1) is 32.1. The number of aliphatic carboxylic acids is 2. The highest BCUT2D eigenvalue weighted by atomic mass is 16.5. The summed E-state index contributed by atoms with van der Waals surface area (Å²) < 4.78 is 7.66. The van der Waals surface area contributed by atoms with Crippen LogP contribution < -0.4 is 5.32 Å².